The van der Waals surface area contributed by atoms with Gasteiger partial charge in [0.2, 0.25) is 0 Å². The van der Waals surface area contributed by atoms with E-state index in [4.69, 9.17) is 0 Å². The van der Waals surface area contributed by atoms with E-state index in [2.05, 4.69) is 37.9 Å². The van der Waals surface area contributed by atoms with Crippen LogP contribution >= 0.6 is 0 Å². The molecule has 2 nitrogen and oxygen atoms in total. The molecule has 5 atom stereocenters. The predicted octanol–water partition coefficient (Wildman–Crippen LogP) is 3.91. The molecule has 0 aromatic rings. The monoisotopic (exact) mass is 280 g/mol. The molecule has 118 valence electrons. The smallest absolute Gasteiger partial charge is 0.0120 e. The molecule has 2 heteroatoms. The molecule has 0 bridgehead atoms. The summed E-state index contributed by atoms with van der Waals surface area (Å²) in [6, 6.07) is 1.49. The van der Waals surface area contributed by atoms with Crippen LogP contribution in [0.1, 0.15) is 66.2 Å². The van der Waals surface area contributed by atoms with Crippen LogP contribution < -0.4 is 5.32 Å². The highest BCUT2D eigenvalue weighted by Crippen LogP contribution is 2.31. The molecule has 1 saturated heterocycles. The average Bonchev–Trinajstić information content (AvgIpc) is 2.43. The highest BCUT2D eigenvalue weighted by atomic mass is 15.2. The summed E-state index contributed by atoms with van der Waals surface area (Å²) in [4.78, 5) is 2.79. The number of likely N-dealkylation sites (tertiary alicyclic amines) is 1. The van der Waals surface area contributed by atoms with Crippen molar-refractivity contribution in [2.45, 2.75) is 78.3 Å². The molecule has 1 heterocycles. The number of piperidine rings is 1. The fourth-order valence-corrected chi connectivity index (χ4v) is 4.37. The molecule has 0 spiro atoms. The summed E-state index contributed by atoms with van der Waals surface area (Å²) < 4.78 is 0. The number of rotatable bonds is 5. The van der Waals surface area contributed by atoms with Crippen LogP contribution in [0.25, 0.3) is 0 Å². The minimum atomic E-state index is 0.742. The van der Waals surface area contributed by atoms with Crippen molar-refractivity contribution in [3.05, 3.63) is 0 Å². The highest BCUT2D eigenvalue weighted by Gasteiger charge is 2.33. The van der Waals surface area contributed by atoms with E-state index in [1.54, 1.807) is 0 Å². The first-order valence-corrected chi connectivity index (χ1v) is 9.09. The molecule has 1 saturated carbocycles. The second-order valence-electron chi connectivity index (χ2n) is 7.58. The molecule has 0 amide bonds. The van der Waals surface area contributed by atoms with E-state index in [9.17, 15) is 0 Å². The molecular formula is C18H36N2. The van der Waals surface area contributed by atoms with E-state index in [1.165, 1.54) is 58.2 Å². The summed E-state index contributed by atoms with van der Waals surface area (Å²) in [5, 5.41) is 3.76. The van der Waals surface area contributed by atoms with Crippen LogP contribution in [-0.4, -0.2) is 36.6 Å². The maximum absolute atomic E-state index is 3.76. The van der Waals surface area contributed by atoms with Gasteiger partial charge in [0.25, 0.3) is 0 Å². The first kappa shape index (κ1) is 16.3. The molecule has 0 aromatic heterocycles. The minimum absolute atomic E-state index is 0.742. The Balaban J connectivity index is 1.82. The Morgan fingerprint density at radius 2 is 1.90 bits per heavy atom. The molecule has 2 rings (SSSR count). The van der Waals surface area contributed by atoms with Gasteiger partial charge < -0.3 is 10.2 Å². The van der Waals surface area contributed by atoms with Gasteiger partial charge in [-0.05, 0) is 63.5 Å². The van der Waals surface area contributed by atoms with E-state index in [-0.39, 0.29) is 0 Å². The SMILES string of the molecule is CCCNC1CCN(CC2CCCC(C)C2)C(C)C1C. The van der Waals surface area contributed by atoms with Crippen LogP contribution in [0.5, 0.6) is 0 Å². The van der Waals surface area contributed by atoms with E-state index < -0.39 is 0 Å². The van der Waals surface area contributed by atoms with Crippen molar-refractivity contribution < 1.29 is 0 Å². The van der Waals surface area contributed by atoms with Gasteiger partial charge in [0.1, 0.15) is 0 Å². The summed E-state index contributed by atoms with van der Waals surface area (Å²) in [7, 11) is 0. The molecule has 1 aliphatic carbocycles. The lowest BCUT2D eigenvalue weighted by Gasteiger charge is -2.45. The summed E-state index contributed by atoms with van der Waals surface area (Å²) in [5.41, 5.74) is 0. The Labute approximate surface area is 126 Å². The standard InChI is InChI=1S/C18H36N2/c1-5-10-19-18-9-11-20(16(4)15(18)3)13-17-8-6-7-14(2)12-17/h14-19H,5-13H2,1-4H3. The molecule has 0 radical (unpaired) electrons. The Morgan fingerprint density at radius 3 is 2.60 bits per heavy atom. The van der Waals surface area contributed by atoms with Gasteiger partial charge in [-0.3, -0.25) is 0 Å². The lowest BCUT2D eigenvalue weighted by Crippen LogP contribution is -2.54. The number of hydrogen-bond donors (Lipinski definition) is 1. The summed E-state index contributed by atoms with van der Waals surface area (Å²) >= 11 is 0. The molecule has 20 heavy (non-hydrogen) atoms. The minimum Gasteiger partial charge on any atom is -0.314 e. The van der Waals surface area contributed by atoms with E-state index >= 15 is 0 Å². The molecular weight excluding hydrogens is 244 g/mol. The van der Waals surface area contributed by atoms with E-state index in [0.717, 1.165) is 29.8 Å². The fraction of sp³-hybridized carbons (Fsp3) is 1.00. The molecule has 2 fully saturated rings. The zero-order valence-corrected chi connectivity index (χ0v) is 14.2. The molecule has 1 aliphatic heterocycles. The van der Waals surface area contributed by atoms with Crippen LogP contribution in [0.15, 0.2) is 0 Å². The average molecular weight is 280 g/mol. The third kappa shape index (κ3) is 4.21. The Kier molecular flexibility index (Phi) is 6.35. The van der Waals surface area contributed by atoms with Crippen LogP contribution in [0.3, 0.4) is 0 Å². The first-order chi connectivity index (χ1) is 9.61. The van der Waals surface area contributed by atoms with Crippen molar-refractivity contribution in [1.29, 1.82) is 0 Å². The zero-order valence-electron chi connectivity index (χ0n) is 14.2. The van der Waals surface area contributed by atoms with Gasteiger partial charge in [0.15, 0.2) is 0 Å². The van der Waals surface area contributed by atoms with Gasteiger partial charge in [0, 0.05) is 18.6 Å². The predicted molar refractivity (Wildman–Crippen MR) is 88.0 cm³/mol. The van der Waals surface area contributed by atoms with E-state index in [0.29, 0.717) is 0 Å². The lowest BCUT2D eigenvalue weighted by atomic mass is 9.80. The Hall–Kier alpha value is -0.0800. The number of nitrogens with zero attached hydrogens (tertiary/aromatic N) is 1. The topological polar surface area (TPSA) is 15.3 Å². The lowest BCUT2D eigenvalue weighted by molar-refractivity contribution is 0.0599. The van der Waals surface area contributed by atoms with Crippen molar-refractivity contribution in [2.75, 3.05) is 19.6 Å². The maximum Gasteiger partial charge on any atom is 0.0120 e. The second kappa shape index (κ2) is 7.79. The number of nitrogens with one attached hydrogen (secondary N) is 1. The van der Waals surface area contributed by atoms with Gasteiger partial charge in [0.05, 0.1) is 0 Å². The third-order valence-electron chi connectivity index (χ3n) is 5.89. The third-order valence-corrected chi connectivity index (χ3v) is 5.89. The number of hydrogen-bond acceptors (Lipinski definition) is 2. The van der Waals surface area contributed by atoms with Crippen molar-refractivity contribution in [1.82, 2.24) is 10.2 Å². The van der Waals surface area contributed by atoms with E-state index in [1.807, 2.05) is 0 Å². The van der Waals surface area contributed by atoms with Crippen molar-refractivity contribution >= 4 is 0 Å². The van der Waals surface area contributed by atoms with Gasteiger partial charge >= 0.3 is 0 Å². The zero-order chi connectivity index (χ0) is 14.5. The normalized spacial score (nSPS) is 39.9. The molecule has 2 aliphatic rings. The maximum atomic E-state index is 3.76. The summed E-state index contributed by atoms with van der Waals surface area (Å²) in [5.74, 6) is 2.72. The fourth-order valence-electron chi connectivity index (χ4n) is 4.37. The quantitative estimate of drug-likeness (QED) is 0.821. The van der Waals surface area contributed by atoms with Crippen LogP contribution in [0.2, 0.25) is 0 Å². The van der Waals surface area contributed by atoms with Gasteiger partial charge in [-0.15, -0.1) is 0 Å². The molecule has 5 unspecified atom stereocenters. The molecule has 1 N–H and O–H groups in total. The van der Waals surface area contributed by atoms with Crippen molar-refractivity contribution in [3.63, 3.8) is 0 Å². The van der Waals surface area contributed by atoms with Crippen LogP contribution in [-0.2, 0) is 0 Å². The first-order valence-electron chi connectivity index (χ1n) is 9.09. The molecule has 0 aromatic carbocycles. The largest absolute Gasteiger partial charge is 0.314 e. The van der Waals surface area contributed by atoms with Crippen molar-refractivity contribution in [3.8, 4) is 0 Å². The van der Waals surface area contributed by atoms with Crippen molar-refractivity contribution in [2.24, 2.45) is 17.8 Å². The van der Waals surface area contributed by atoms with Gasteiger partial charge in [-0.25, -0.2) is 0 Å². The second-order valence-corrected chi connectivity index (χ2v) is 7.58. The Bertz CT molecular complexity index is 279. The Morgan fingerprint density at radius 1 is 1.10 bits per heavy atom. The summed E-state index contributed by atoms with van der Waals surface area (Å²) in [6.07, 6.45) is 8.46. The highest BCUT2D eigenvalue weighted by molar-refractivity contribution is 4.89. The van der Waals surface area contributed by atoms with Crippen LogP contribution in [0, 0.1) is 17.8 Å². The van der Waals surface area contributed by atoms with Gasteiger partial charge in [-0.1, -0.05) is 33.6 Å². The summed E-state index contributed by atoms with van der Waals surface area (Å²) in [6.45, 7) is 13.5. The van der Waals surface area contributed by atoms with Crippen LogP contribution in [0.4, 0.5) is 0 Å². The van der Waals surface area contributed by atoms with Gasteiger partial charge in [-0.2, -0.15) is 0 Å².